The van der Waals surface area contributed by atoms with Gasteiger partial charge in [-0.3, -0.25) is 4.72 Å². The van der Waals surface area contributed by atoms with E-state index in [1.165, 1.54) is 24.3 Å². The predicted octanol–water partition coefficient (Wildman–Crippen LogP) is 2.94. The first-order chi connectivity index (χ1) is 11.0. The van der Waals surface area contributed by atoms with Gasteiger partial charge in [0.25, 0.3) is 10.0 Å². The van der Waals surface area contributed by atoms with E-state index < -0.39 is 10.0 Å². The summed E-state index contributed by atoms with van der Waals surface area (Å²) < 4.78 is 29.1. The molecule has 8 heteroatoms. The Morgan fingerprint density at radius 1 is 1.13 bits per heavy atom. The molecule has 0 unspecified atom stereocenters. The molecule has 0 aliphatic carbocycles. The van der Waals surface area contributed by atoms with Crippen LogP contribution in [0, 0.1) is 0 Å². The Kier molecular flexibility index (Phi) is 4.06. The first-order valence-electron chi connectivity index (χ1n) is 6.68. The number of hydrogen-bond acceptors (Lipinski definition) is 4. The molecule has 6 nitrogen and oxygen atoms in total. The van der Waals surface area contributed by atoms with Crippen LogP contribution in [0.4, 0.5) is 5.69 Å². The topological polar surface area (TPSA) is 76.9 Å². The van der Waals surface area contributed by atoms with Crippen molar-refractivity contribution in [2.45, 2.75) is 4.90 Å². The fourth-order valence-electron chi connectivity index (χ4n) is 2.09. The number of halogens is 1. The van der Waals surface area contributed by atoms with Crippen molar-refractivity contribution in [1.82, 2.24) is 14.8 Å². The van der Waals surface area contributed by atoms with Crippen molar-refractivity contribution < 1.29 is 8.42 Å². The van der Waals surface area contributed by atoms with Crippen molar-refractivity contribution in [2.75, 3.05) is 4.72 Å². The largest absolute Gasteiger partial charge is 0.317 e. The van der Waals surface area contributed by atoms with Gasteiger partial charge in [0.1, 0.15) is 6.33 Å². The molecule has 0 bridgehead atoms. The molecule has 0 atom stereocenters. The normalized spacial score (nSPS) is 11.4. The highest BCUT2D eigenvalue weighted by Crippen LogP contribution is 2.23. The number of benzene rings is 2. The smallest absolute Gasteiger partial charge is 0.261 e. The van der Waals surface area contributed by atoms with Gasteiger partial charge in [-0.05, 0) is 36.4 Å². The van der Waals surface area contributed by atoms with Crippen LogP contribution in [0.1, 0.15) is 0 Å². The molecule has 1 N–H and O–H groups in total. The number of anilines is 1. The number of rotatable bonds is 4. The van der Waals surface area contributed by atoms with Gasteiger partial charge < -0.3 is 4.57 Å². The van der Waals surface area contributed by atoms with E-state index in [1.807, 2.05) is 13.1 Å². The van der Waals surface area contributed by atoms with E-state index in [-0.39, 0.29) is 4.90 Å². The van der Waals surface area contributed by atoms with E-state index in [4.69, 9.17) is 11.6 Å². The minimum Gasteiger partial charge on any atom is -0.317 e. The molecule has 0 aliphatic rings. The van der Waals surface area contributed by atoms with Gasteiger partial charge in [0.2, 0.25) is 0 Å². The third-order valence-electron chi connectivity index (χ3n) is 3.21. The molecule has 0 fully saturated rings. The Morgan fingerprint density at radius 3 is 2.52 bits per heavy atom. The van der Waals surface area contributed by atoms with Gasteiger partial charge >= 0.3 is 0 Å². The van der Waals surface area contributed by atoms with Gasteiger partial charge in [-0.2, -0.15) is 0 Å². The maximum atomic E-state index is 12.4. The van der Waals surface area contributed by atoms with E-state index in [0.717, 1.165) is 5.56 Å². The van der Waals surface area contributed by atoms with E-state index >= 15 is 0 Å². The zero-order chi connectivity index (χ0) is 16.4. The van der Waals surface area contributed by atoms with Crippen LogP contribution in [0.3, 0.4) is 0 Å². The summed E-state index contributed by atoms with van der Waals surface area (Å²) in [6, 6.07) is 12.9. The molecule has 1 heterocycles. The minimum absolute atomic E-state index is 0.144. The average Bonchev–Trinajstić information content (AvgIpc) is 2.94. The lowest BCUT2D eigenvalue weighted by Gasteiger charge is -2.09. The Morgan fingerprint density at radius 2 is 1.87 bits per heavy atom. The van der Waals surface area contributed by atoms with E-state index in [1.54, 1.807) is 29.1 Å². The Labute approximate surface area is 138 Å². The van der Waals surface area contributed by atoms with E-state index in [0.29, 0.717) is 16.5 Å². The quantitative estimate of drug-likeness (QED) is 0.786. The molecule has 0 aliphatic heterocycles. The standard InChI is InChI=1S/C15H13ClN4O2S/c1-20-10-17-18-15(20)11-3-2-4-13(9-11)19-23(21,22)14-7-5-12(16)6-8-14/h2-10,19H,1H3. The Balaban J connectivity index is 1.91. The van der Waals surface area contributed by atoms with Crippen LogP contribution in [0.2, 0.25) is 5.02 Å². The molecule has 0 saturated carbocycles. The monoisotopic (exact) mass is 348 g/mol. The molecule has 0 radical (unpaired) electrons. The maximum Gasteiger partial charge on any atom is 0.261 e. The number of hydrogen-bond donors (Lipinski definition) is 1. The van der Waals surface area contributed by atoms with Gasteiger partial charge in [0.05, 0.1) is 4.90 Å². The van der Waals surface area contributed by atoms with Crippen molar-refractivity contribution in [1.29, 1.82) is 0 Å². The molecule has 0 saturated heterocycles. The zero-order valence-corrected chi connectivity index (χ0v) is 13.7. The summed E-state index contributed by atoms with van der Waals surface area (Å²) in [6.07, 6.45) is 1.58. The summed E-state index contributed by atoms with van der Waals surface area (Å²) in [6.45, 7) is 0. The van der Waals surface area contributed by atoms with Crippen molar-refractivity contribution >= 4 is 27.3 Å². The first kappa shape index (κ1) is 15.5. The molecule has 1 aromatic heterocycles. The van der Waals surface area contributed by atoms with Gasteiger partial charge in [-0.25, -0.2) is 8.42 Å². The SMILES string of the molecule is Cn1cnnc1-c1cccc(NS(=O)(=O)c2ccc(Cl)cc2)c1. The van der Waals surface area contributed by atoms with Crippen LogP contribution >= 0.6 is 11.6 Å². The molecular weight excluding hydrogens is 336 g/mol. The second-order valence-electron chi connectivity index (χ2n) is 4.91. The molecule has 3 rings (SSSR count). The molecule has 0 spiro atoms. The molecule has 23 heavy (non-hydrogen) atoms. The van der Waals surface area contributed by atoms with E-state index in [9.17, 15) is 8.42 Å². The number of nitrogens with zero attached hydrogens (tertiary/aromatic N) is 3. The molecule has 3 aromatic rings. The summed E-state index contributed by atoms with van der Waals surface area (Å²) >= 11 is 5.78. The van der Waals surface area contributed by atoms with Crippen LogP contribution in [0.15, 0.2) is 59.8 Å². The number of aromatic nitrogens is 3. The third kappa shape index (κ3) is 3.35. The summed E-state index contributed by atoms with van der Waals surface area (Å²) in [5, 5.41) is 8.31. The lowest BCUT2D eigenvalue weighted by molar-refractivity contribution is 0.601. The van der Waals surface area contributed by atoms with Gasteiger partial charge in [-0.1, -0.05) is 23.7 Å². The van der Waals surface area contributed by atoms with Crippen LogP contribution in [-0.4, -0.2) is 23.2 Å². The first-order valence-corrected chi connectivity index (χ1v) is 8.55. The summed E-state index contributed by atoms with van der Waals surface area (Å²) in [4.78, 5) is 0.144. The summed E-state index contributed by atoms with van der Waals surface area (Å²) in [7, 11) is -1.86. The molecule has 0 amide bonds. The van der Waals surface area contributed by atoms with Crippen LogP contribution in [0.5, 0.6) is 0 Å². The van der Waals surface area contributed by atoms with Gasteiger partial charge in [0.15, 0.2) is 5.82 Å². The van der Waals surface area contributed by atoms with Crippen LogP contribution < -0.4 is 4.72 Å². The molecular formula is C15H13ClN4O2S. The highest BCUT2D eigenvalue weighted by molar-refractivity contribution is 7.92. The average molecular weight is 349 g/mol. The Bertz CT molecular complexity index is 936. The summed E-state index contributed by atoms with van der Waals surface area (Å²) in [5.41, 5.74) is 1.21. The van der Waals surface area contributed by atoms with Crippen molar-refractivity contribution in [3.63, 3.8) is 0 Å². The highest BCUT2D eigenvalue weighted by Gasteiger charge is 2.14. The molecule has 118 valence electrons. The summed E-state index contributed by atoms with van der Waals surface area (Å²) in [5.74, 6) is 0.651. The van der Waals surface area contributed by atoms with Crippen LogP contribution in [0.25, 0.3) is 11.4 Å². The zero-order valence-electron chi connectivity index (χ0n) is 12.1. The third-order valence-corrected chi connectivity index (χ3v) is 4.86. The fourth-order valence-corrected chi connectivity index (χ4v) is 3.27. The van der Waals surface area contributed by atoms with E-state index in [2.05, 4.69) is 14.9 Å². The number of aryl methyl sites for hydroxylation is 1. The lowest BCUT2D eigenvalue weighted by Crippen LogP contribution is -2.12. The fraction of sp³-hybridized carbons (Fsp3) is 0.0667. The van der Waals surface area contributed by atoms with Crippen molar-refractivity contribution in [3.05, 3.63) is 59.9 Å². The van der Waals surface area contributed by atoms with Crippen molar-refractivity contribution in [2.24, 2.45) is 7.05 Å². The minimum atomic E-state index is -3.68. The number of sulfonamides is 1. The lowest BCUT2D eigenvalue weighted by atomic mass is 10.2. The molecule has 2 aromatic carbocycles. The van der Waals surface area contributed by atoms with Crippen LogP contribution in [-0.2, 0) is 17.1 Å². The van der Waals surface area contributed by atoms with Gasteiger partial charge in [-0.15, -0.1) is 10.2 Å². The number of nitrogens with one attached hydrogen (secondary N) is 1. The second-order valence-corrected chi connectivity index (χ2v) is 7.02. The predicted molar refractivity (Wildman–Crippen MR) is 88.7 cm³/mol. The second kappa shape index (κ2) is 6.02. The van der Waals surface area contributed by atoms with Gasteiger partial charge in [0, 0.05) is 23.3 Å². The van der Waals surface area contributed by atoms with Crippen molar-refractivity contribution in [3.8, 4) is 11.4 Å². The highest BCUT2D eigenvalue weighted by atomic mass is 35.5. The Hall–Kier alpha value is -2.38. The maximum absolute atomic E-state index is 12.4.